The summed E-state index contributed by atoms with van der Waals surface area (Å²) in [7, 11) is 1.55. The number of aromatic amines is 1. The lowest BCUT2D eigenvalue weighted by molar-refractivity contribution is 0.380. The van der Waals surface area contributed by atoms with E-state index in [0.717, 1.165) is 16.8 Å². The summed E-state index contributed by atoms with van der Waals surface area (Å²) >= 11 is 0. The van der Waals surface area contributed by atoms with Crippen LogP contribution < -0.4 is 4.74 Å². The van der Waals surface area contributed by atoms with Gasteiger partial charge in [-0.25, -0.2) is 4.98 Å². The number of benzene rings is 1. The summed E-state index contributed by atoms with van der Waals surface area (Å²) in [5.41, 5.74) is 2.89. The number of aromatic nitrogens is 6. The second-order valence-electron chi connectivity index (χ2n) is 4.13. The first kappa shape index (κ1) is 12.2. The summed E-state index contributed by atoms with van der Waals surface area (Å²) in [5, 5.41) is 13.9. The first-order valence-corrected chi connectivity index (χ1v) is 6.04. The average Bonchev–Trinajstić information content (AvgIpc) is 3.00. The van der Waals surface area contributed by atoms with Crippen molar-refractivity contribution in [1.82, 2.24) is 30.6 Å². The summed E-state index contributed by atoms with van der Waals surface area (Å²) in [6.07, 6.45) is 2.29. The largest absolute Gasteiger partial charge is 0.467 e. The second kappa shape index (κ2) is 5.43. The molecule has 100 valence electrons. The van der Waals surface area contributed by atoms with Crippen molar-refractivity contribution in [2.24, 2.45) is 0 Å². The maximum atomic E-state index is 5.04. The van der Waals surface area contributed by atoms with Crippen molar-refractivity contribution in [2.75, 3.05) is 7.11 Å². The minimum Gasteiger partial charge on any atom is -0.467 e. The molecule has 0 radical (unpaired) electrons. The Bertz CT molecular complexity index is 698. The first-order valence-electron chi connectivity index (χ1n) is 6.04. The predicted octanol–water partition coefficient (Wildman–Crippen LogP) is 1.26. The van der Waals surface area contributed by atoms with Gasteiger partial charge >= 0.3 is 6.01 Å². The van der Waals surface area contributed by atoms with E-state index in [1.165, 1.54) is 0 Å². The molecule has 0 aliphatic carbocycles. The van der Waals surface area contributed by atoms with E-state index >= 15 is 0 Å². The number of hydrogen-bond donors (Lipinski definition) is 1. The molecule has 0 fully saturated rings. The van der Waals surface area contributed by atoms with Gasteiger partial charge in [-0.2, -0.15) is 10.2 Å². The molecule has 7 heteroatoms. The van der Waals surface area contributed by atoms with Crippen LogP contribution in [0, 0.1) is 0 Å². The number of ether oxygens (including phenoxy) is 1. The third-order valence-corrected chi connectivity index (χ3v) is 2.79. The van der Waals surface area contributed by atoms with E-state index in [4.69, 9.17) is 4.74 Å². The lowest BCUT2D eigenvalue weighted by Crippen LogP contribution is -1.95. The summed E-state index contributed by atoms with van der Waals surface area (Å²) < 4.78 is 5.04. The molecule has 3 rings (SSSR count). The molecular weight excluding hydrogens is 256 g/mol. The highest BCUT2D eigenvalue weighted by atomic mass is 16.5. The van der Waals surface area contributed by atoms with Crippen LogP contribution in [0.5, 0.6) is 6.01 Å². The van der Waals surface area contributed by atoms with Crippen LogP contribution in [0.1, 0.15) is 11.4 Å². The monoisotopic (exact) mass is 268 g/mol. The quantitative estimate of drug-likeness (QED) is 0.766. The molecular formula is C13H12N6O. The number of nitrogens with zero attached hydrogens (tertiary/aromatic N) is 5. The molecule has 1 N–H and O–H groups in total. The SMILES string of the molecule is COc1nccc(-c2cccc(Cc3nn[nH]n3)c2)n1. The lowest BCUT2D eigenvalue weighted by atomic mass is 10.1. The van der Waals surface area contributed by atoms with Crippen LogP contribution in [0.2, 0.25) is 0 Å². The van der Waals surface area contributed by atoms with Crippen molar-refractivity contribution in [3.05, 3.63) is 47.9 Å². The van der Waals surface area contributed by atoms with Crippen molar-refractivity contribution in [1.29, 1.82) is 0 Å². The van der Waals surface area contributed by atoms with E-state index in [1.807, 2.05) is 30.3 Å². The van der Waals surface area contributed by atoms with Gasteiger partial charge in [-0.15, -0.1) is 10.2 Å². The Hall–Kier alpha value is -2.83. The van der Waals surface area contributed by atoms with Crippen molar-refractivity contribution < 1.29 is 4.74 Å². The van der Waals surface area contributed by atoms with E-state index in [9.17, 15) is 0 Å². The molecule has 0 saturated heterocycles. The van der Waals surface area contributed by atoms with Crippen LogP contribution in [0.4, 0.5) is 0 Å². The maximum absolute atomic E-state index is 5.04. The normalized spacial score (nSPS) is 10.4. The zero-order valence-electron chi connectivity index (χ0n) is 10.8. The Balaban J connectivity index is 1.90. The van der Waals surface area contributed by atoms with Gasteiger partial charge < -0.3 is 4.74 Å². The van der Waals surface area contributed by atoms with Gasteiger partial charge in [0.2, 0.25) is 0 Å². The van der Waals surface area contributed by atoms with Crippen LogP contribution in [0.25, 0.3) is 11.3 Å². The molecule has 0 saturated carbocycles. The number of nitrogens with one attached hydrogen (secondary N) is 1. The van der Waals surface area contributed by atoms with Gasteiger partial charge in [-0.05, 0) is 17.7 Å². The van der Waals surface area contributed by atoms with Crippen LogP contribution in [-0.2, 0) is 6.42 Å². The predicted molar refractivity (Wildman–Crippen MR) is 71.0 cm³/mol. The Morgan fingerprint density at radius 2 is 2.20 bits per heavy atom. The van der Waals surface area contributed by atoms with E-state index in [-0.39, 0.29) is 0 Å². The number of tetrazole rings is 1. The van der Waals surface area contributed by atoms with Crippen LogP contribution >= 0.6 is 0 Å². The minimum absolute atomic E-state index is 0.353. The summed E-state index contributed by atoms with van der Waals surface area (Å²) in [5.74, 6) is 0.655. The van der Waals surface area contributed by atoms with Gasteiger partial charge in [0.1, 0.15) is 0 Å². The molecule has 2 heterocycles. The summed E-state index contributed by atoms with van der Waals surface area (Å²) in [4.78, 5) is 8.32. The average molecular weight is 268 g/mol. The fourth-order valence-electron chi connectivity index (χ4n) is 1.88. The molecule has 3 aromatic rings. The zero-order valence-corrected chi connectivity index (χ0v) is 10.8. The molecule has 1 aromatic carbocycles. The molecule has 0 amide bonds. The van der Waals surface area contributed by atoms with Crippen molar-refractivity contribution >= 4 is 0 Å². The number of methoxy groups -OCH3 is 1. The molecule has 20 heavy (non-hydrogen) atoms. The van der Waals surface area contributed by atoms with Crippen molar-refractivity contribution in [3.63, 3.8) is 0 Å². The first-order chi connectivity index (χ1) is 9.85. The molecule has 0 aliphatic heterocycles. The van der Waals surface area contributed by atoms with Gasteiger partial charge in [0.25, 0.3) is 0 Å². The standard InChI is InChI=1S/C13H12N6O/c1-20-13-14-6-5-11(15-13)10-4-2-3-9(7-10)8-12-16-18-19-17-12/h2-7H,8H2,1H3,(H,16,17,18,19). The lowest BCUT2D eigenvalue weighted by Gasteiger charge is -2.04. The highest BCUT2D eigenvalue weighted by Gasteiger charge is 2.05. The van der Waals surface area contributed by atoms with Gasteiger partial charge in [-0.3, -0.25) is 0 Å². The fraction of sp³-hybridized carbons (Fsp3) is 0.154. The second-order valence-corrected chi connectivity index (χ2v) is 4.13. The van der Waals surface area contributed by atoms with Gasteiger partial charge in [-0.1, -0.05) is 23.4 Å². The Labute approximate surface area is 115 Å². The number of H-pyrrole nitrogens is 1. The Kier molecular flexibility index (Phi) is 3.32. The highest BCUT2D eigenvalue weighted by Crippen LogP contribution is 2.20. The maximum Gasteiger partial charge on any atom is 0.316 e. The molecule has 0 bridgehead atoms. The molecule has 0 spiro atoms. The molecule has 7 nitrogen and oxygen atoms in total. The highest BCUT2D eigenvalue weighted by molar-refractivity contribution is 5.60. The molecule has 0 aliphatic rings. The molecule has 0 unspecified atom stereocenters. The van der Waals surface area contributed by atoms with Gasteiger partial charge in [0.15, 0.2) is 5.82 Å². The topological polar surface area (TPSA) is 89.5 Å². The third kappa shape index (κ3) is 2.61. The molecule has 0 atom stereocenters. The van der Waals surface area contributed by atoms with E-state index in [2.05, 4.69) is 30.6 Å². The fourth-order valence-corrected chi connectivity index (χ4v) is 1.88. The molecule has 2 aromatic heterocycles. The van der Waals surface area contributed by atoms with Crippen LogP contribution in [-0.4, -0.2) is 37.7 Å². The minimum atomic E-state index is 0.353. The van der Waals surface area contributed by atoms with Gasteiger partial charge in [0.05, 0.1) is 12.8 Å². The van der Waals surface area contributed by atoms with Crippen LogP contribution in [0.3, 0.4) is 0 Å². The van der Waals surface area contributed by atoms with Crippen molar-refractivity contribution in [3.8, 4) is 17.3 Å². The van der Waals surface area contributed by atoms with E-state index < -0.39 is 0 Å². The smallest absolute Gasteiger partial charge is 0.316 e. The van der Waals surface area contributed by atoms with Crippen LogP contribution in [0.15, 0.2) is 36.5 Å². The van der Waals surface area contributed by atoms with E-state index in [1.54, 1.807) is 13.3 Å². The number of rotatable bonds is 4. The number of hydrogen-bond acceptors (Lipinski definition) is 6. The van der Waals surface area contributed by atoms with Crippen molar-refractivity contribution in [2.45, 2.75) is 6.42 Å². The summed E-state index contributed by atoms with van der Waals surface area (Å²) in [6, 6.07) is 10.2. The third-order valence-electron chi connectivity index (χ3n) is 2.79. The summed E-state index contributed by atoms with van der Waals surface area (Å²) in [6.45, 7) is 0. The Morgan fingerprint density at radius 1 is 1.25 bits per heavy atom. The van der Waals surface area contributed by atoms with E-state index in [0.29, 0.717) is 18.3 Å². The Morgan fingerprint density at radius 3 is 3.00 bits per heavy atom. The van der Waals surface area contributed by atoms with Gasteiger partial charge in [0, 0.05) is 18.2 Å². The zero-order chi connectivity index (χ0) is 13.8.